The lowest BCUT2D eigenvalue weighted by molar-refractivity contribution is -0.120. The largest absolute Gasteiger partial charge is 0.357 e. The first-order valence-corrected chi connectivity index (χ1v) is 15.0. The summed E-state index contributed by atoms with van der Waals surface area (Å²) in [6.45, 7) is 4.26. The number of carbonyl (C=O) groups excluding carboxylic acids is 2. The lowest BCUT2D eigenvalue weighted by Crippen LogP contribution is -2.42. The Bertz CT molecular complexity index is 1630. The van der Waals surface area contributed by atoms with E-state index in [0.29, 0.717) is 42.6 Å². The van der Waals surface area contributed by atoms with Crippen LogP contribution in [0.15, 0.2) is 89.0 Å². The van der Waals surface area contributed by atoms with Crippen LogP contribution < -0.4 is 20.7 Å². The maximum Gasteiger partial charge on any atom is 0.239 e. The Labute approximate surface area is 239 Å². The van der Waals surface area contributed by atoms with Crippen molar-refractivity contribution in [3.63, 3.8) is 0 Å². The van der Waals surface area contributed by atoms with Crippen molar-refractivity contribution in [1.82, 2.24) is 5.32 Å². The van der Waals surface area contributed by atoms with Crippen molar-refractivity contribution in [2.45, 2.75) is 44.0 Å². The van der Waals surface area contributed by atoms with Crippen LogP contribution in [0, 0.1) is 11.2 Å². The van der Waals surface area contributed by atoms with E-state index >= 15 is 4.39 Å². The van der Waals surface area contributed by atoms with Crippen LogP contribution in [0.3, 0.4) is 0 Å². The average molecular weight is 577 g/mol. The second-order valence-corrected chi connectivity index (χ2v) is 12.9. The molecular weight excluding hydrogens is 543 g/mol. The molecule has 1 atom stereocenters. The minimum atomic E-state index is -3.78. The fraction of sp³-hybridized carbons (Fsp3) is 0.290. The molecule has 2 aliphatic rings. The number of hydrogen-bond acceptors (Lipinski definition) is 6. The number of ketones is 1. The van der Waals surface area contributed by atoms with Gasteiger partial charge in [0.05, 0.1) is 28.9 Å². The van der Waals surface area contributed by atoms with Crippen molar-refractivity contribution < 1.29 is 22.4 Å². The summed E-state index contributed by atoms with van der Waals surface area (Å²) < 4.78 is 38.4. The summed E-state index contributed by atoms with van der Waals surface area (Å²) in [6, 6.07) is 19.2. The Morgan fingerprint density at radius 3 is 2.44 bits per heavy atom. The first-order chi connectivity index (χ1) is 19.4. The molecule has 41 heavy (non-hydrogen) atoms. The maximum atomic E-state index is 15.4. The van der Waals surface area contributed by atoms with Crippen molar-refractivity contribution in [3.8, 4) is 0 Å². The van der Waals surface area contributed by atoms with E-state index in [0.717, 1.165) is 16.9 Å². The van der Waals surface area contributed by atoms with Gasteiger partial charge in [-0.1, -0.05) is 56.3 Å². The number of nitrogens with zero attached hydrogens (tertiary/aromatic N) is 1. The molecule has 5 rings (SSSR count). The number of benzene rings is 3. The van der Waals surface area contributed by atoms with E-state index in [4.69, 9.17) is 5.14 Å². The van der Waals surface area contributed by atoms with Gasteiger partial charge in [0, 0.05) is 29.8 Å². The van der Waals surface area contributed by atoms with Gasteiger partial charge in [-0.15, -0.1) is 0 Å². The monoisotopic (exact) mass is 576 g/mol. The van der Waals surface area contributed by atoms with Gasteiger partial charge in [0.25, 0.3) is 0 Å². The third-order valence-corrected chi connectivity index (χ3v) is 8.43. The van der Waals surface area contributed by atoms with E-state index in [1.54, 1.807) is 35.2 Å². The molecule has 4 N–H and O–H groups in total. The van der Waals surface area contributed by atoms with E-state index < -0.39 is 21.9 Å². The SMILES string of the molecule is CC1(C)CC(=O)C2=C(C1)Nc1ccccc1N(CC(=O)NCCc1ccc(S(N)(=O)=O)cc1)C2c1ccccc1F. The molecule has 3 aromatic rings. The van der Waals surface area contributed by atoms with Gasteiger partial charge in [-0.3, -0.25) is 9.59 Å². The summed E-state index contributed by atoms with van der Waals surface area (Å²) in [5, 5.41) is 11.5. The van der Waals surface area contributed by atoms with Gasteiger partial charge in [-0.25, -0.2) is 17.9 Å². The number of nitrogens with two attached hydrogens (primary N) is 1. The summed E-state index contributed by atoms with van der Waals surface area (Å²) in [5.41, 5.74) is 3.55. The zero-order chi connectivity index (χ0) is 29.4. The normalized spacial score (nSPS) is 18.2. The molecule has 0 saturated carbocycles. The topological polar surface area (TPSA) is 122 Å². The molecule has 214 valence electrons. The Balaban J connectivity index is 1.45. The summed E-state index contributed by atoms with van der Waals surface area (Å²) in [4.78, 5) is 28.9. The minimum absolute atomic E-state index is 0.0206. The highest BCUT2D eigenvalue weighted by Crippen LogP contribution is 2.48. The second-order valence-electron chi connectivity index (χ2n) is 11.3. The van der Waals surface area contributed by atoms with E-state index in [1.807, 2.05) is 38.1 Å². The van der Waals surface area contributed by atoms with Gasteiger partial charge in [0.15, 0.2) is 5.78 Å². The van der Waals surface area contributed by atoms with Crippen LogP contribution >= 0.6 is 0 Å². The Hall–Kier alpha value is -4.02. The zero-order valence-corrected chi connectivity index (χ0v) is 23.8. The maximum absolute atomic E-state index is 15.4. The van der Waals surface area contributed by atoms with Crippen LogP contribution in [0.2, 0.25) is 0 Å². The van der Waals surface area contributed by atoms with Gasteiger partial charge < -0.3 is 15.5 Å². The number of nitrogens with one attached hydrogen (secondary N) is 2. The Kier molecular flexibility index (Phi) is 7.72. The third-order valence-electron chi connectivity index (χ3n) is 7.51. The van der Waals surface area contributed by atoms with Crippen LogP contribution in [-0.4, -0.2) is 33.2 Å². The number of rotatable bonds is 7. The molecule has 1 amide bonds. The lowest BCUT2D eigenvalue weighted by Gasteiger charge is -2.38. The molecule has 1 aliphatic carbocycles. The summed E-state index contributed by atoms with van der Waals surface area (Å²) in [7, 11) is -3.78. The van der Waals surface area contributed by atoms with Gasteiger partial charge in [0.1, 0.15) is 5.82 Å². The molecule has 1 aliphatic heterocycles. The Morgan fingerprint density at radius 2 is 1.73 bits per heavy atom. The number of allylic oxidation sites excluding steroid dienone is 1. The van der Waals surface area contributed by atoms with E-state index in [2.05, 4.69) is 10.6 Å². The molecule has 0 aromatic heterocycles. The summed E-state index contributed by atoms with van der Waals surface area (Å²) >= 11 is 0. The number of anilines is 2. The van der Waals surface area contributed by atoms with Gasteiger partial charge >= 0.3 is 0 Å². The quantitative estimate of drug-likeness (QED) is 0.382. The molecule has 8 nitrogen and oxygen atoms in total. The van der Waals surface area contributed by atoms with Crippen LogP contribution in [0.5, 0.6) is 0 Å². The molecule has 0 bridgehead atoms. The first kappa shape index (κ1) is 28.5. The molecular formula is C31H33FN4O4S. The summed E-state index contributed by atoms with van der Waals surface area (Å²) in [6.07, 6.45) is 1.39. The fourth-order valence-electron chi connectivity index (χ4n) is 5.65. The molecule has 1 heterocycles. The van der Waals surface area contributed by atoms with Gasteiger partial charge in [-0.05, 0) is 54.2 Å². The van der Waals surface area contributed by atoms with E-state index in [1.165, 1.54) is 18.2 Å². The Morgan fingerprint density at radius 1 is 1.05 bits per heavy atom. The van der Waals surface area contributed by atoms with Crippen LogP contribution in [0.25, 0.3) is 0 Å². The number of halogens is 1. The highest BCUT2D eigenvalue weighted by Gasteiger charge is 2.42. The van der Waals surface area contributed by atoms with Crippen molar-refractivity contribution in [2.75, 3.05) is 23.3 Å². The minimum Gasteiger partial charge on any atom is -0.357 e. The van der Waals surface area contributed by atoms with Crippen LogP contribution in [0.1, 0.15) is 43.9 Å². The number of fused-ring (bicyclic) bond motifs is 1. The van der Waals surface area contributed by atoms with Gasteiger partial charge in [0.2, 0.25) is 15.9 Å². The van der Waals surface area contributed by atoms with Gasteiger partial charge in [-0.2, -0.15) is 0 Å². The predicted octanol–water partition coefficient (Wildman–Crippen LogP) is 4.45. The lowest BCUT2D eigenvalue weighted by atomic mass is 9.73. The zero-order valence-electron chi connectivity index (χ0n) is 23.0. The van der Waals surface area contributed by atoms with E-state index in [9.17, 15) is 18.0 Å². The van der Waals surface area contributed by atoms with Crippen LogP contribution in [0.4, 0.5) is 15.8 Å². The van der Waals surface area contributed by atoms with Crippen molar-refractivity contribution >= 4 is 33.1 Å². The molecule has 0 saturated heterocycles. The highest BCUT2D eigenvalue weighted by molar-refractivity contribution is 7.89. The fourth-order valence-corrected chi connectivity index (χ4v) is 6.17. The van der Waals surface area contributed by atoms with Crippen molar-refractivity contribution in [3.05, 3.63) is 101 Å². The third kappa shape index (κ3) is 6.18. The van der Waals surface area contributed by atoms with Crippen molar-refractivity contribution in [1.29, 1.82) is 0 Å². The molecule has 3 aromatic carbocycles. The smallest absolute Gasteiger partial charge is 0.239 e. The molecule has 10 heteroatoms. The molecule has 0 fully saturated rings. The number of para-hydroxylation sites is 2. The molecule has 0 radical (unpaired) electrons. The molecule has 1 unspecified atom stereocenters. The highest BCUT2D eigenvalue weighted by atomic mass is 32.2. The van der Waals surface area contributed by atoms with E-state index in [-0.39, 0.29) is 28.5 Å². The number of hydrogen-bond donors (Lipinski definition) is 3. The molecule has 0 spiro atoms. The second kappa shape index (κ2) is 11.1. The van der Waals surface area contributed by atoms with Crippen molar-refractivity contribution in [2.24, 2.45) is 10.6 Å². The summed E-state index contributed by atoms with van der Waals surface area (Å²) in [5.74, 6) is -0.817. The number of amides is 1. The number of carbonyl (C=O) groups is 2. The standard InChI is InChI=1S/C31H33FN4O4S/c1-31(2)17-25-29(27(37)18-31)30(22-7-3-4-8-23(22)32)36(26-10-6-5-9-24(26)35-25)19-28(38)34-16-15-20-11-13-21(14-12-20)41(33,39)40/h3-14,30,35H,15-19H2,1-2H3,(H,34,38)(H2,33,39,40). The predicted molar refractivity (Wildman–Crippen MR) is 156 cm³/mol. The average Bonchev–Trinajstić information content (AvgIpc) is 3.02. The van der Waals surface area contributed by atoms with Crippen LogP contribution in [-0.2, 0) is 26.0 Å². The number of primary sulfonamides is 1. The number of sulfonamides is 1. The number of Topliss-reactive ketones (excluding diaryl/α,β-unsaturated/α-hetero) is 1. The first-order valence-electron chi connectivity index (χ1n) is 13.4.